The Morgan fingerprint density at radius 1 is 1.11 bits per heavy atom. The third-order valence-corrected chi connectivity index (χ3v) is 4.26. The highest BCUT2D eigenvalue weighted by Crippen LogP contribution is 2.38. The summed E-state index contributed by atoms with van der Waals surface area (Å²) >= 11 is 3.44. The molecule has 0 radical (unpaired) electrons. The molecule has 1 atom stereocenters. The fourth-order valence-corrected chi connectivity index (χ4v) is 3.07. The molecule has 0 fully saturated rings. The highest BCUT2D eigenvalue weighted by atomic mass is 79.9. The largest absolute Gasteiger partial charge is 0.294 e. The molecular weight excluding hydrogens is 288 g/mol. The third kappa shape index (κ3) is 2.01. The van der Waals surface area contributed by atoms with E-state index in [1.165, 1.54) is 11.1 Å². The van der Waals surface area contributed by atoms with Crippen LogP contribution >= 0.6 is 15.9 Å². The molecule has 2 aromatic rings. The fourth-order valence-electron chi connectivity index (χ4n) is 2.57. The Balaban J connectivity index is 1.76. The lowest BCUT2D eigenvalue weighted by Gasteiger charge is -2.29. The number of rotatable bonds is 3. The molecular formula is C16H13BrO. The third-order valence-electron chi connectivity index (χ3n) is 3.57. The maximum atomic E-state index is 12.2. The minimum atomic E-state index is 0.224. The molecule has 2 heteroatoms. The highest BCUT2D eigenvalue weighted by molar-refractivity contribution is 9.10. The van der Waals surface area contributed by atoms with Gasteiger partial charge in [-0.05, 0) is 29.5 Å². The molecule has 18 heavy (non-hydrogen) atoms. The summed E-state index contributed by atoms with van der Waals surface area (Å²) in [5, 5.41) is 0. The predicted molar refractivity (Wildman–Crippen MR) is 76.0 cm³/mol. The van der Waals surface area contributed by atoms with E-state index in [9.17, 15) is 4.79 Å². The van der Waals surface area contributed by atoms with Crippen LogP contribution in [0.3, 0.4) is 0 Å². The zero-order chi connectivity index (χ0) is 12.5. The molecule has 0 aromatic heterocycles. The van der Waals surface area contributed by atoms with Crippen molar-refractivity contribution < 1.29 is 4.79 Å². The van der Waals surface area contributed by atoms with Gasteiger partial charge < -0.3 is 0 Å². The number of fused-ring (bicyclic) bond motifs is 1. The van der Waals surface area contributed by atoms with Crippen molar-refractivity contribution in [1.29, 1.82) is 0 Å². The molecule has 3 rings (SSSR count). The van der Waals surface area contributed by atoms with Gasteiger partial charge in [-0.15, -0.1) is 0 Å². The lowest BCUT2D eigenvalue weighted by atomic mass is 9.74. The van der Waals surface area contributed by atoms with Gasteiger partial charge in [-0.3, -0.25) is 4.79 Å². The molecule has 0 N–H and O–H groups in total. The molecule has 0 heterocycles. The van der Waals surface area contributed by atoms with Crippen LogP contribution in [-0.2, 0) is 6.42 Å². The summed E-state index contributed by atoms with van der Waals surface area (Å²) in [6.07, 6.45) is 1.64. The average molecular weight is 301 g/mol. The normalized spacial score (nSPS) is 16.8. The quantitative estimate of drug-likeness (QED) is 0.770. The molecule has 0 bridgehead atoms. The number of Topliss-reactive ketones (excluding diaryl/α,β-unsaturated/α-hetero) is 1. The number of carbonyl (C=O) groups excluding carboxylic acids is 1. The lowest BCUT2D eigenvalue weighted by Crippen LogP contribution is -2.20. The summed E-state index contributed by atoms with van der Waals surface area (Å²) in [5.74, 6) is 0.628. The minimum absolute atomic E-state index is 0.224. The number of halogens is 1. The smallest absolute Gasteiger partial charge is 0.164 e. The van der Waals surface area contributed by atoms with Gasteiger partial charge in [0.1, 0.15) is 0 Å². The first-order valence-corrected chi connectivity index (χ1v) is 6.90. The summed E-state index contributed by atoms with van der Waals surface area (Å²) in [6.45, 7) is 0. The first-order chi connectivity index (χ1) is 8.75. The van der Waals surface area contributed by atoms with Crippen molar-refractivity contribution in [2.24, 2.45) is 0 Å². The molecule has 1 unspecified atom stereocenters. The summed E-state index contributed by atoms with van der Waals surface area (Å²) in [4.78, 5) is 12.2. The molecule has 0 aliphatic heterocycles. The van der Waals surface area contributed by atoms with Gasteiger partial charge in [0.15, 0.2) is 5.78 Å². The van der Waals surface area contributed by atoms with E-state index in [-0.39, 0.29) is 5.78 Å². The molecule has 2 aromatic carbocycles. The van der Waals surface area contributed by atoms with E-state index in [2.05, 4.69) is 34.1 Å². The molecule has 1 nitrogen and oxygen atoms in total. The van der Waals surface area contributed by atoms with Crippen molar-refractivity contribution >= 4 is 21.7 Å². The van der Waals surface area contributed by atoms with E-state index in [1.54, 1.807) is 0 Å². The van der Waals surface area contributed by atoms with Gasteiger partial charge in [0.25, 0.3) is 0 Å². The summed E-state index contributed by atoms with van der Waals surface area (Å²) in [5.41, 5.74) is 3.53. The molecule has 1 aliphatic rings. The molecule has 1 aliphatic carbocycles. The first kappa shape index (κ1) is 11.7. The van der Waals surface area contributed by atoms with Crippen LogP contribution in [0.15, 0.2) is 53.0 Å². The Bertz CT molecular complexity index is 604. The molecule has 0 amide bonds. The topological polar surface area (TPSA) is 17.1 Å². The minimum Gasteiger partial charge on any atom is -0.294 e. The van der Waals surface area contributed by atoms with Crippen molar-refractivity contribution in [1.82, 2.24) is 0 Å². The highest BCUT2D eigenvalue weighted by Gasteiger charge is 2.28. The number of benzene rings is 2. The van der Waals surface area contributed by atoms with E-state index in [0.29, 0.717) is 12.3 Å². The second-order valence-electron chi connectivity index (χ2n) is 4.71. The van der Waals surface area contributed by atoms with Crippen molar-refractivity contribution in [2.75, 3.05) is 0 Å². The predicted octanol–water partition coefficient (Wildman–Crippen LogP) is 4.36. The van der Waals surface area contributed by atoms with Crippen molar-refractivity contribution in [2.45, 2.75) is 18.8 Å². The second kappa shape index (κ2) is 4.69. The number of hydrogen-bond acceptors (Lipinski definition) is 1. The van der Waals surface area contributed by atoms with Gasteiger partial charge in [0.05, 0.1) is 0 Å². The van der Waals surface area contributed by atoms with Crippen LogP contribution in [0, 0.1) is 0 Å². The number of carbonyl (C=O) groups is 1. The lowest BCUT2D eigenvalue weighted by molar-refractivity contribution is 0.0969. The summed E-state index contributed by atoms with van der Waals surface area (Å²) in [7, 11) is 0. The monoisotopic (exact) mass is 300 g/mol. The standard InChI is InChI=1S/C16H13BrO/c17-15-8-4-3-7-14(15)16(18)10-12-9-11-5-1-2-6-13(11)12/h1-8,12H,9-10H2. The van der Waals surface area contributed by atoms with Crippen LogP contribution in [0.1, 0.15) is 33.8 Å². The van der Waals surface area contributed by atoms with Crippen LogP contribution in [-0.4, -0.2) is 5.78 Å². The van der Waals surface area contributed by atoms with Crippen molar-refractivity contribution in [3.8, 4) is 0 Å². The van der Waals surface area contributed by atoms with E-state index < -0.39 is 0 Å². The molecule has 90 valence electrons. The first-order valence-electron chi connectivity index (χ1n) is 6.11. The van der Waals surface area contributed by atoms with E-state index >= 15 is 0 Å². The SMILES string of the molecule is O=C(CC1Cc2ccccc21)c1ccccc1Br. The van der Waals surface area contributed by atoms with Crippen LogP contribution in [0.4, 0.5) is 0 Å². The van der Waals surface area contributed by atoms with Gasteiger partial charge >= 0.3 is 0 Å². The van der Waals surface area contributed by atoms with Crippen LogP contribution in [0.5, 0.6) is 0 Å². The van der Waals surface area contributed by atoms with Crippen molar-refractivity contribution in [3.63, 3.8) is 0 Å². The van der Waals surface area contributed by atoms with Gasteiger partial charge in [-0.1, -0.05) is 58.4 Å². The zero-order valence-electron chi connectivity index (χ0n) is 9.90. The second-order valence-corrected chi connectivity index (χ2v) is 5.56. The summed E-state index contributed by atoms with van der Waals surface area (Å²) in [6, 6.07) is 16.0. The van der Waals surface area contributed by atoms with Gasteiger partial charge in [-0.2, -0.15) is 0 Å². The van der Waals surface area contributed by atoms with E-state index in [1.807, 2.05) is 30.3 Å². The Labute approximate surface area is 115 Å². The Hall–Kier alpha value is -1.41. The molecule has 0 saturated carbocycles. The fraction of sp³-hybridized carbons (Fsp3) is 0.188. The molecule has 0 saturated heterocycles. The van der Waals surface area contributed by atoms with Gasteiger partial charge in [-0.25, -0.2) is 0 Å². The van der Waals surface area contributed by atoms with E-state index in [4.69, 9.17) is 0 Å². The van der Waals surface area contributed by atoms with Crippen LogP contribution < -0.4 is 0 Å². The van der Waals surface area contributed by atoms with Crippen LogP contribution in [0.25, 0.3) is 0 Å². The zero-order valence-corrected chi connectivity index (χ0v) is 11.5. The Kier molecular flexibility index (Phi) is 3.04. The molecule has 0 spiro atoms. The maximum absolute atomic E-state index is 12.2. The number of ketones is 1. The Morgan fingerprint density at radius 2 is 1.83 bits per heavy atom. The maximum Gasteiger partial charge on any atom is 0.164 e. The van der Waals surface area contributed by atoms with Gasteiger partial charge in [0, 0.05) is 16.5 Å². The average Bonchev–Trinajstić information content (AvgIpc) is 2.36. The van der Waals surface area contributed by atoms with Crippen molar-refractivity contribution in [3.05, 3.63) is 69.7 Å². The summed E-state index contributed by atoms with van der Waals surface area (Å²) < 4.78 is 0.891. The number of hydrogen-bond donors (Lipinski definition) is 0. The van der Waals surface area contributed by atoms with Crippen LogP contribution in [0.2, 0.25) is 0 Å². The van der Waals surface area contributed by atoms with E-state index in [0.717, 1.165) is 16.5 Å². The Morgan fingerprint density at radius 3 is 2.61 bits per heavy atom. The van der Waals surface area contributed by atoms with Gasteiger partial charge in [0.2, 0.25) is 0 Å².